The quantitative estimate of drug-likeness (QED) is 0.492. The highest BCUT2D eigenvalue weighted by atomic mass is 32.1. The first kappa shape index (κ1) is 17.7. The number of aromatic nitrogens is 2. The van der Waals surface area contributed by atoms with Gasteiger partial charge in [0.2, 0.25) is 0 Å². The minimum atomic E-state index is -0.318. The molecule has 1 aliphatic carbocycles. The molecule has 0 fully saturated rings. The molecule has 1 heterocycles. The molecule has 1 unspecified atom stereocenters. The van der Waals surface area contributed by atoms with Crippen LogP contribution in [0.5, 0.6) is 0 Å². The number of esters is 1. The van der Waals surface area contributed by atoms with Crippen LogP contribution in [0, 0.1) is 4.77 Å². The van der Waals surface area contributed by atoms with Gasteiger partial charge in [-0.3, -0.25) is 0 Å². The molecule has 1 atom stereocenters. The number of benzene rings is 2. The van der Waals surface area contributed by atoms with Crippen LogP contribution < -0.4 is 0 Å². The normalized spacial score (nSPS) is 16.0. The van der Waals surface area contributed by atoms with Gasteiger partial charge in [-0.15, -0.1) is 0 Å². The van der Waals surface area contributed by atoms with Gasteiger partial charge in [0.05, 0.1) is 12.7 Å². The van der Waals surface area contributed by atoms with Crippen molar-refractivity contribution in [2.24, 2.45) is 0 Å². The van der Waals surface area contributed by atoms with Crippen molar-refractivity contribution in [1.29, 1.82) is 0 Å². The molecule has 0 amide bonds. The number of rotatable bonds is 4. The standard InChI is InChI=1S/C22H22N2O2S/c1-26-21(25)18-8-6-16(7-9-18)15-23-12-13-24(22(23)27)20-11-10-17-4-2-3-5-19(17)14-20/h2-9,12-13,20H,10-11,14-15H2,1H3. The third-order valence-corrected chi connectivity index (χ3v) is 5.76. The van der Waals surface area contributed by atoms with Crippen molar-refractivity contribution in [3.63, 3.8) is 0 Å². The van der Waals surface area contributed by atoms with Crippen LogP contribution >= 0.6 is 12.2 Å². The van der Waals surface area contributed by atoms with Gasteiger partial charge in [0.1, 0.15) is 0 Å². The lowest BCUT2D eigenvalue weighted by Crippen LogP contribution is -2.18. The predicted molar refractivity (Wildman–Crippen MR) is 108 cm³/mol. The molecule has 4 nitrogen and oxygen atoms in total. The van der Waals surface area contributed by atoms with Crippen molar-refractivity contribution in [2.45, 2.75) is 31.8 Å². The Morgan fingerprint density at radius 3 is 2.59 bits per heavy atom. The van der Waals surface area contributed by atoms with E-state index in [9.17, 15) is 4.79 Å². The molecular formula is C22H22N2O2S. The average Bonchev–Trinajstić information content (AvgIpc) is 3.08. The second-order valence-electron chi connectivity index (χ2n) is 6.97. The Hall–Kier alpha value is -2.66. The van der Waals surface area contributed by atoms with Gasteiger partial charge >= 0.3 is 5.97 Å². The Kier molecular flexibility index (Phi) is 4.94. The minimum absolute atomic E-state index is 0.318. The lowest BCUT2D eigenvalue weighted by Gasteiger charge is -2.25. The number of carbonyl (C=O) groups is 1. The zero-order valence-corrected chi connectivity index (χ0v) is 16.1. The van der Waals surface area contributed by atoms with E-state index in [0.717, 1.165) is 29.6 Å². The van der Waals surface area contributed by atoms with Crippen LogP contribution in [0.25, 0.3) is 0 Å². The maximum Gasteiger partial charge on any atom is 0.337 e. The fraction of sp³-hybridized carbons (Fsp3) is 0.273. The van der Waals surface area contributed by atoms with Gasteiger partial charge in [-0.1, -0.05) is 36.4 Å². The lowest BCUT2D eigenvalue weighted by molar-refractivity contribution is 0.0600. The van der Waals surface area contributed by atoms with Gasteiger partial charge < -0.3 is 13.9 Å². The van der Waals surface area contributed by atoms with Gasteiger partial charge in [-0.2, -0.15) is 0 Å². The van der Waals surface area contributed by atoms with E-state index in [2.05, 4.69) is 45.8 Å². The SMILES string of the molecule is COC(=O)c1ccc(Cn2ccn(C3CCc4ccccc4C3)c2=S)cc1. The smallest absolute Gasteiger partial charge is 0.337 e. The fourth-order valence-electron chi connectivity index (χ4n) is 3.80. The predicted octanol–water partition coefficient (Wildman–Crippen LogP) is 4.58. The van der Waals surface area contributed by atoms with Crippen molar-refractivity contribution in [1.82, 2.24) is 9.13 Å². The molecule has 1 aliphatic rings. The van der Waals surface area contributed by atoms with Crippen molar-refractivity contribution < 1.29 is 9.53 Å². The van der Waals surface area contributed by atoms with E-state index >= 15 is 0 Å². The summed E-state index contributed by atoms with van der Waals surface area (Å²) in [6.45, 7) is 0.691. The molecule has 5 heteroatoms. The second kappa shape index (κ2) is 7.53. The number of carbonyl (C=O) groups excluding carboxylic acids is 1. The third kappa shape index (κ3) is 3.60. The summed E-state index contributed by atoms with van der Waals surface area (Å²) in [5.41, 5.74) is 4.56. The highest BCUT2D eigenvalue weighted by molar-refractivity contribution is 7.71. The van der Waals surface area contributed by atoms with Crippen molar-refractivity contribution >= 4 is 18.2 Å². The Balaban J connectivity index is 1.51. The first-order valence-electron chi connectivity index (χ1n) is 9.17. The molecule has 0 saturated carbocycles. The number of hydrogen-bond donors (Lipinski definition) is 0. The Morgan fingerprint density at radius 1 is 1.11 bits per heavy atom. The van der Waals surface area contributed by atoms with Crippen LogP contribution in [0.3, 0.4) is 0 Å². The summed E-state index contributed by atoms with van der Waals surface area (Å²) in [4.78, 5) is 11.6. The van der Waals surface area contributed by atoms with Gasteiger partial charge in [-0.05, 0) is 60.3 Å². The fourth-order valence-corrected chi connectivity index (χ4v) is 4.14. The number of imidazole rings is 1. The minimum Gasteiger partial charge on any atom is -0.465 e. The maximum absolute atomic E-state index is 11.6. The van der Waals surface area contributed by atoms with Crippen LogP contribution in [0.1, 0.15) is 39.5 Å². The molecule has 0 aliphatic heterocycles. The van der Waals surface area contributed by atoms with Crippen LogP contribution in [-0.2, 0) is 24.1 Å². The molecule has 3 aromatic rings. The molecule has 4 rings (SSSR count). The van der Waals surface area contributed by atoms with Crippen LogP contribution in [-0.4, -0.2) is 22.2 Å². The van der Waals surface area contributed by atoms with E-state index in [-0.39, 0.29) is 5.97 Å². The third-order valence-electron chi connectivity index (χ3n) is 5.32. The molecule has 0 N–H and O–H groups in total. The summed E-state index contributed by atoms with van der Waals surface area (Å²) >= 11 is 5.74. The monoisotopic (exact) mass is 378 g/mol. The maximum atomic E-state index is 11.6. The van der Waals surface area contributed by atoms with Gasteiger partial charge in [0, 0.05) is 25.0 Å². The van der Waals surface area contributed by atoms with Crippen LogP contribution in [0.4, 0.5) is 0 Å². The number of aryl methyl sites for hydroxylation is 1. The molecule has 27 heavy (non-hydrogen) atoms. The molecule has 1 aromatic heterocycles. The molecule has 0 radical (unpaired) electrons. The lowest BCUT2D eigenvalue weighted by atomic mass is 9.88. The summed E-state index contributed by atoms with van der Waals surface area (Å²) in [5, 5.41) is 0. The Bertz CT molecular complexity index is 1020. The van der Waals surface area contributed by atoms with Crippen LogP contribution in [0.2, 0.25) is 0 Å². The number of nitrogens with zero attached hydrogens (tertiary/aromatic N) is 2. The zero-order chi connectivity index (χ0) is 18.8. The van der Waals surface area contributed by atoms with Gasteiger partial charge in [0.15, 0.2) is 4.77 Å². The van der Waals surface area contributed by atoms with E-state index in [1.807, 2.05) is 12.1 Å². The van der Waals surface area contributed by atoms with E-state index in [1.54, 1.807) is 12.1 Å². The molecule has 0 saturated heterocycles. The first-order valence-corrected chi connectivity index (χ1v) is 9.58. The summed E-state index contributed by atoms with van der Waals surface area (Å²) in [5.74, 6) is -0.318. The topological polar surface area (TPSA) is 36.2 Å². The molecule has 138 valence electrons. The number of methoxy groups -OCH3 is 1. The van der Waals surface area contributed by atoms with Crippen molar-refractivity contribution in [3.8, 4) is 0 Å². The Morgan fingerprint density at radius 2 is 1.85 bits per heavy atom. The van der Waals surface area contributed by atoms with Crippen LogP contribution in [0.15, 0.2) is 60.9 Å². The number of hydrogen-bond acceptors (Lipinski definition) is 3. The number of ether oxygens (including phenoxy) is 1. The second-order valence-corrected chi connectivity index (χ2v) is 7.33. The average molecular weight is 378 g/mol. The largest absolute Gasteiger partial charge is 0.465 e. The van der Waals surface area contributed by atoms with Crippen molar-refractivity contribution in [2.75, 3.05) is 7.11 Å². The van der Waals surface area contributed by atoms with Crippen molar-refractivity contribution in [3.05, 3.63) is 87.9 Å². The van der Waals surface area contributed by atoms with E-state index in [0.29, 0.717) is 18.2 Å². The summed E-state index contributed by atoms with van der Waals surface area (Å²) < 4.78 is 9.91. The van der Waals surface area contributed by atoms with Gasteiger partial charge in [-0.25, -0.2) is 4.79 Å². The van der Waals surface area contributed by atoms with Gasteiger partial charge in [0.25, 0.3) is 0 Å². The highest BCUT2D eigenvalue weighted by Gasteiger charge is 2.20. The zero-order valence-electron chi connectivity index (χ0n) is 15.3. The summed E-state index contributed by atoms with van der Waals surface area (Å²) in [7, 11) is 1.39. The molecule has 2 aromatic carbocycles. The van der Waals surface area contributed by atoms with E-state index < -0.39 is 0 Å². The summed E-state index contributed by atoms with van der Waals surface area (Å²) in [6, 6.07) is 16.6. The first-order chi connectivity index (χ1) is 13.2. The molecular weight excluding hydrogens is 356 g/mol. The van der Waals surface area contributed by atoms with E-state index in [1.165, 1.54) is 18.2 Å². The molecule has 0 bridgehead atoms. The summed E-state index contributed by atoms with van der Waals surface area (Å²) in [6.07, 6.45) is 7.40. The van der Waals surface area contributed by atoms with E-state index in [4.69, 9.17) is 17.0 Å². The molecule has 0 spiro atoms. The highest BCUT2D eigenvalue weighted by Crippen LogP contribution is 2.29. The Labute approximate surface area is 164 Å². The number of fused-ring (bicyclic) bond motifs is 1.